The second kappa shape index (κ2) is 3.31. The highest BCUT2D eigenvalue weighted by molar-refractivity contribution is 7.09. The van der Waals surface area contributed by atoms with Gasteiger partial charge in [-0.3, -0.25) is 4.79 Å². The lowest BCUT2D eigenvalue weighted by Crippen LogP contribution is -2.01. The first kappa shape index (κ1) is 8.66. The number of aromatic nitrogens is 1. The van der Waals surface area contributed by atoms with Gasteiger partial charge in [-0.15, -0.1) is 11.3 Å². The number of hydrogen-bond acceptors (Lipinski definition) is 4. The molecule has 0 bridgehead atoms. The summed E-state index contributed by atoms with van der Waals surface area (Å²) in [5.41, 5.74) is -0.101. The molecule has 12 heavy (non-hydrogen) atoms. The zero-order valence-electron chi connectivity index (χ0n) is 5.85. The maximum atomic E-state index is 10.3. The van der Waals surface area contributed by atoms with Gasteiger partial charge in [-0.25, -0.2) is 9.78 Å². The molecule has 0 fully saturated rings. The third-order valence-corrected chi connectivity index (χ3v) is 1.92. The van der Waals surface area contributed by atoms with Gasteiger partial charge >= 0.3 is 11.9 Å². The first-order valence-corrected chi connectivity index (χ1v) is 3.87. The Morgan fingerprint density at radius 1 is 1.50 bits per heavy atom. The largest absolute Gasteiger partial charge is 0.481 e. The van der Waals surface area contributed by atoms with Gasteiger partial charge in [-0.2, -0.15) is 0 Å². The summed E-state index contributed by atoms with van der Waals surface area (Å²) < 4.78 is 0. The second-order valence-electron chi connectivity index (χ2n) is 2.00. The molecule has 0 amide bonds. The van der Waals surface area contributed by atoms with Gasteiger partial charge in [0.1, 0.15) is 5.01 Å². The number of aromatic carboxylic acids is 1. The monoisotopic (exact) mass is 187 g/mol. The summed E-state index contributed by atoms with van der Waals surface area (Å²) in [6.45, 7) is 0. The van der Waals surface area contributed by atoms with Crippen molar-refractivity contribution >= 4 is 23.3 Å². The summed E-state index contributed by atoms with van der Waals surface area (Å²) >= 11 is 1.03. The van der Waals surface area contributed by atoms with E-state index < -0.39 is 11.9 Å². The third kappa shape index (κ3) is 2.03. The van der Waals surface area contributed by atoms with E-state index in [1.165, 1.54) is 5.38 Å². The Morgan fingerprint density at radius 2 is 2.17 bits per heavy atom. The van der Waals surface area contributed by atoms with Crippen LogP contribution in [0.2, 0.25) is 0 Å². The van der Waals surface area contributed by atoms with E-state index in [-0.39, 0.29) is 12.1 Å². The Bertz CT molecular complexity index is 319. The molecule has 6 heteroatoms. The molecule has 0 aliphatic rings. The summed E-state index contributed by atoms with van der Waals surface area (Å²) in [7, 11) is 0. The highest BCUT2D eigenvalue weighted by Gasteiger charge is 2.10. The lowest BCUT2D eigenvalue weighted by Gasteiger charge is -1.86. The minimum Gasteiger partial charge on any atom is -0.481 e. The molecule has 1 aromatic heterocycles. The first-order valence-electron chi connectivity index (χ1n) is 2.99. The second-order valence-corrected chi connectivity index (χ2v) is 2.94. The van der Waals surface area contributed by atoms with Crippen LogP contribution in [0, 0.1) is 0 Å². The van der Waals surface area contributed by atoms with E-state index in [1.807, 2.05) is 0 Å². The van der Waals surface area contributed by atoms with Crippen molar-refractivity contribution in [2.75, 3.05) is 0 Å². The summed E-state index contributed by atoms with van der Waals surface area (Å²) in [5, 5.41) is 18.4. The number of thiazole rings is 1. The van der Waals surface area contributed by atoms with E-state index in [1.54, 1.807) is 0 Å². The Labute approximate surface area is 71.3 Å². The molecule has 0 saturated carbocycles. The van der Waals surface area contributed by atoms with Gasteiger partial charge in [0, 0.05) is 5.38 Å². The molecule has 64 valence electrons. The Balaban J connectivity index is 2.77. The predicted octanol–water partition coefficient (Wildman–Crippen LogP) is 0.468. The molecule has 0 radical (unpaired) electrons. The topological polar surface area (TPSA) is 87.5 Å². The van der Waals surface area contributed by atoms with Crippen molar-refractivity contribution in [1.29, 1.82) is 0 Å². The predicted molar refractivity (Wildman–Crippen MR) is 40.4 cm³/mol. The fraction of sp³-hybridized carbons (Fsp3) is 0.167. The fourth-order valence-corrected chi connectivity index (χ4v) is 1.38. The molecule has 0 aliphatic carbocycles. The van der Waals surface area contributed by atoms with E-state index >= 15 is 0 Å². The van der Waals surface area contributed by atoms with Crippen LogP contribution in [0.5, 0.6) is 0 Å². The zero-order chi connectivity index (χ0) is 9.14. The van der Waals surface area contributed by atoms with Crippen molar-refractivity contribution < 1.29 is 19.8 Å². The van der Waals surface area contributed by atoms with Crippen molar-refractivity contribution in [2.45, 2.75) is 6.42 Å². The van der Waals surface area contributed by atoms with Crippen LogP contribution >= 0.6 is 11.3 Å². The summed E-state index contributed by atoms with van der Waals surface area (Å²) in [4.78, 5) is 24.1. The maximum absolute atomic E-state index is 10.3. The fourth-order valence-electron chi connectivity index (χ4n) is 0.620. The molecule has 1 aromatic rings. The smallest absolute Gasteiger partial charge is 0.355 e. The van der Waals surface area contributed by atoms with E-state index in [9.17, 15) is 9.59 Å². The molecule has 0 aliphatic heterocycles. The number of rotatable bonds is 3. The van der Waals surface area contributed by atoms with Crippen LogP contribution in [0.3, 0.4) is 0 Å². The van der Waals surface area contributed by atoms with E-state index in [2.05, 4.69) is 4.98 Å². The van der Waals surface area contributed by atoms with Crippen LogP contribution in [-0.2, 0) is 11.2 Å². The van der Waals surface area contributed by atoms with Crippen molar-refractivity contribution in [2.24, 2.45) is 0 Å². The number of carboxylic acid groups (broad SMARTS) is 2. The molecular weight excluding hydrogens is 182 g/mol. The van der Waals surface area contributed by atoms with Crippen molar-refractivity contribution in [3.05, 3.63) is 16.1 Å². The van der Waals surface area contributed by atoms with E-state index in [4.69, 9.17) is 10.2 Å². The van der Waals surface area contributed by atoms with Gasteiger partial charge in [0.15, 0.2) is 5.69 Å². The lowest BCUT2D eigenvalue weighted by molar-refractivity contribution is -0.136. The summed E-state index contributed by atoms with van der Waals surface area (Å²) in [6.07, 6.45) is -0.224. The minimum atomic E-state index is -1.14. The highest BCUT2D eigenvalue weighted by Crippen LogP contribution is 2.09. The number of aliphatic carboxylic acids is 1. The Kier molecular flexibility index (Phi) is 2.39. The highest BCUT2D eigenvalue weighted by atomic mass is 32.1. The third-order valence-electron chi connectivity index (χ3n) is 1.07. The van der Waals surface area contributed by atoms with Gasteiger partial charge in [0.05, 0.1) is 6.42 Å². The van der Waals surface area contributed by atoms with Crippen molar-refractivity contribution in [1.82, 2.24) is 4.98 Å². The number of carboxylic acids is 2. The maximum Gasteiger partial charge on any atom is 0.355 e. The van der Waals surface area contributed by atoms with E-state index in [0.29, 0.717) is 5.01 Å². The summed E-state index contributed by atoms with van der Waals surface area (Å²) in [6, 6.07) is 0. The van der Waals surface area contributed by atoms with Gasteiger partial charge in [0.25, 0.3) is 0 Å². The molecular formula is C6H5NO4S. The molecule has 0 spiro atoms. The van der Waals surface area contributed by atoms with Crippen molar-refractivity contribution in [3.8, 4) is 0 Å². The molecule has 0 aromatic carbocycles. The molecule has 5 nitrogen and oxygen atoms in total. The molecule has 0 saturated heterocycles. The first-order chi connectivity index (χ1) is 5.59. The van der Waals surface area contributed by atoms with Crippen molar-refractivity contribution in [3.63, 3.8) is 0 Å². The van der Waals surface area contributed by atoms with Crippen LogP contribution in [0.4, 0.5) is 0 Å². The number of hydrogen-bond donors (Lipinski definition) is 2. The van der Waals surface area contributed by atoms with Crippen LogP contribution in [0.25, 0.3) is 0 Å². The van der Waals surface area contributed by atoms with Gasteiger partial charge < -0.3 is 10.2 Å². The van der Waals surface area contributed by atoms with E-state index in [0.717, 1.165) is 11.3 Å². The standard InChI is InChI=1S/C6H5NO4S/c8-5(9)1-4-7-3(2-12-4)6(10)11/h2H,1H2,(H,8,9)(H,10,11). The van der Waals surface area contributed by atoms with Crippen LogP contribution in [-0.4, -0.2) is 27.1 Å². The zero-order valence-corrected chi connectivity index (χ0v) is 6.67. The van der Waals surface area contributed by atoms with Gasteiger partial charge in [-0.05, 0) is 0 Å². The molecule has 1 rings (SSSR count). The molecule has 1 heterocycles. The molecule has 0 atom stereocenters. The molecule has 0 unspecified atom stereocenters. The Morgan fingerprint density at radius 3 is 2.58 bits per heavy atom. The normalized spacial score (nSPS) is 9.67. The summed E-state index contributed by atoms with van der Waals surface area (Å²) in [5.74, 6) is -2.15. The average Bonchev–Trinajstić information content (AvgIpc) is 2.34. The van der Waals surface area contributed by atoms with Crippen LogP contribution < -0.4 is 0 Å². The Hall–Kier alpha value is -1.43. The van der Waals surface area contributed by atoms with Gasteiger partial charge in [0.2, 0.25) is 0 Å². The quantitative estimate of drug-likeness (QED) is 0.718. The van der Waals surface area contributed by atoms with Crippen LogP contribution in [0.15, 0.2) is 5.38 Å². The number of nitrogens with zero attached hydrogens (tertiary/aromatic N) is 1. The van der Waals surface area contributed by atoms with Crippen LogP contribution in [0.1, 0.15) is 15.5 Å². The SMILES string of the molecule is O=C(O)Cc1nc(C(=O)O)cs1. The average molecular weight is 187 g/mol. The van der Waals surface area contributed by atoms with Gasteiger partial charge in [-0.1, -0.05) is 0 Å². The minimum absolute atomic E-state index is 0.101. The number of carbonyl (C=O) groups is 2. The molecule has 2 N–H and O–H groups in total. The lowest BCUT2D eigenvalue weighted by atomic mass is 10.4.